The summed E-state index contributed by atoms with van der Waals surface area (Å²) in [4.78, 5) is 34.7. The van der Waals surface area contributed by atoms with Crippen LogP contribution in [0.3, 0.4) is 0 Å². The fraction of sp³-hybridized carbons (Fsp3) is 0.320. The summed E-state index contributed by atoms with van der Waals surface area (Å²) in [6, 6.07) is 9.64. The van der Waals surface area contributed by atoms with E-state index in [2.05, 4.69) is 9.88 Å². The maximum absolute atomic E-state index is 13.3. The van der Waals surface area contributed by atoms with Crippen LogP contribution in [0.25, 0.3) is 11.4 Å². The first-order valence-electron chi connectivity index (χ1n) is 11.2. The maximum Gasteiger partial charge on any atom is 0.295 e. The number of aryl methyl sites for hydroxylation is 1. The second-order valence-corrected chi connectivity index (χ2v) is 8.98. The Bertz CT molecular complexity index is 1300. The molecule has 1 amide bonds. The number of nitrogens with zero attached hydrogens (tertiary/aromatic N) is 4. The second-order valence-electron chi connectivity index (χ2n) is 8.17. The van der Waals surface area contributed by atoms with Crippen LogP contribution in [0.15, 0.2) is 48.2 Å². The summed E-state index contributed by atoms with van der Waals surface area (Å²) in [6.45, 7) is 8.39. The van der Waals surface area contributed by atoms with Gasteiger partial charge in [0.15, 0.2) is 5.76 Å². The van der Waals surface area contributed by atoms with Crippen LogP contribution in [0.5, 0.6) is 0 Å². The molecule has 0 bridgehead atoms. The Hall–Kier alpha value is -2.87. The lowest BCUT2D eigenvalue weighted by atomic mass is 9.96. The number of carbonyl (C=O) groups excluding carboxylic acids is 2. The average Bonchev–Trinajstić information content (AvgIpc) is 3.29. The molecule has 3 aromatic rings. The van der Waals surface area contributed by atoms with Crippen molar-refractivity contribution in [2.75, 3.05) is 26.2 Å². The fourth-order valence-corrected chi connectivity index (χ4v) is 4.76. The number of benzene rings is 1. The van der Waals surface area contributed by atoms with Crippen LogP contribution >= 0.6 is 23.2 Å². The van der Waals surface area contributed by atoms with Gasteiger partial charge in [0.2, 0.25) is 0 Å². The molecule has 0 radical (unpaired) electrons. The van der Waals surface area contributed by atoms with Gasteiger partial charge in [0.1, 0.15) is 11.3 Å². The smallest absolute Gasteiger partial charge is 0.295 e. The van der Waals surface area contributed by atoms with Crippen molar-refractivity contribution in [2.45, 2.75) is 26.8 Å². The van der Waals surface area contributed by atoms with Gasteiger partial charge in [-0.3, -0.25) is 14.0 Å². The summed E-state index contributed by atoms with van der Waals surface area (Å²) >= 11 is 12.4. The number of likely N-dealkylation sites (tertiary alicyclic amines) is 1. The summed E-state index contributed by atoms with van der Waals surface area (Å²) in [5, 5.41) is 12.1. The van der Waals surface area contributed by atoms with Crippen molar-refractivity contribution in [2.24, 2.45) is 0 Å². The highest BCUT2D eigenvalue weighted by molar-refractivity contribution is 6.46. The minimum atomic E-state index is -0.806. The summed E-state index contributed by atoms with van der Waals surface area (Å²) in [6.07, 6.45) is 1.76. The minimum absolute atomic E-state index is 0.0108. The Morgan fingerprint density at radius 3 is 2.53 bits per heavy atom. The third-order valence-corrected chi connectivity index (χ3v) is 7.02. The fourth-order valence-electron chi connectivity index (χ4n) is 4.46. The Morgan fingerprint density at radius 2 is 1.85 bits per heavy atom. The van der Waals surface area contributed by atoms with Crippen LogP contribution in [-0.2, 0) is 9.59 Å². The molecule has 178 valence electrons. The number of hydrogen-bond acceptors (Lipinski definition) is 5. The lowest BCUT2D eigenvalue weighted by molar-refractivity contribution is -0.140. The number of aliphatic hydroxyl groups is 1. The van der Waals surface area contributed by atoms with Crippen LogP contribution in [0.4, 0.5) is 0 Å². The van der Waals surface area contributed by atoms with Gasteiger partial charge < -0.3 is 14.9 Å². The molecule has 0 saturated carbocycles. The highest BCUT2D eigenvalue weighted by Gasteiger charge is 2.46. The zero-order chi connectivity index (χ0) is 24.6. The quantitative estimate of drug-likeness (QED) is 0.288. The van der Waals surface area contributed by atoms with Gasteiger partial charge in [0.25, 0.3) is 11.7 Å². The van der Waals surface area contributed by atoms with Gasteiger partial charge >= 0.3 is 0 Å². The van der Waals surface area contributed by atoms with E-state index in [9.17, 15) is 14.7 Å². The van der Waals surface area contributed by atoms with E-state index in [4.69, 9.17) is 23.2 Å². The number of ketones is 1. The second kappa shape index (κ2) is 9.78. The number of likely N-dealkylation sites (N-methyl/N-ethyl adjacent to an activating group) is 1. The van der Waals surface area contributed by atoms with E-state index < -0.39 is 17.7 Å². The summed E-state index contributed by atoms with van der Waals surface area (Å²) in [5.41, 5.74) is 2.16. The molecule has 1 atom stereocenters. The molecule has 1 aliphatic heterocycles. The lowest BCUT2D eigenvalue weighted by Crippen LogP contribution is -2.38. The van der Waals surface area contributed by atoms with Crippen molar-refractivity contribution in [1.29, 1.82) is 0 Å². The standard InChI is InChI=1S/C25H26Cl2N4O3/c1-4-29(5-2)12-13-31-22(16-9-10-17(26)18(27)14-16)20(24(33)25(31)34)23(32)21-15(3)28-19-8-6-7-11-30(19)21/h6-11,14,22,32H,4-5,12-13H2,1-3H3/b23-20+. The number of hydrogen-bond donors (Lipinski definition) is 1. The third kappa shape index (κ3) is 4.19. The molecule has 3 heterocycles. The van der Waals surface area contributed by atoms with Crippen LogP contribution in [0.2, 0.25) is 10.0 Å². The molecule has 0 spiro atoms. The van der Waals surface area contributed by atoms with Crippen LogP contribution in [0, 0.1) is 6.92 Å². The van der Waals surface area contributed by atoms with Gasteiger partial charge in [-0.1, -0.05) is 49.2 Å². The first kappa shape index (κ1) is 24.3. The summed E-state index contributed by atoms with van der Waals surface area (Å²) < 4.78 is 1.71. The largest absolute Gasteiger partial charge is 0.505 e. The Labute approximate surface area is 208 Å². The van der Waals surface area contributed by atoms with E-state index in [1.54, 1.807) is 35.7 Å². The van der Waals surface area contributed by atoms with Gasteiger partial charge in [-0.2, -0.15) is 0 Å². The maximum atomic E-state index is 13.3. The first-order valence-corrected chi connectivity index (χ1v) is 11.9. The topological polar surface area (TPSA) is 78.2 Å². The van der Waals surface area contributed by atoms with Crippen molar-refractivity contribution in [3.05, 3.63) is 75.2 Å². The molecule has 34 heavy (non-hydrogen) atoms. The number of imidazole rings is 1. The summed E-state index contributed by atoms with van der Waals surface area (Å²) in [7, 11) is 0. The van der Waals surface area contributed by atoms with Crippen molar-refractivity contribution < 1.29 is 14.7 Å². The molecule has 4 rings (SSSR count). The third-order valence-electron chi connectivity index (χ3n) is 6.28. The average molecular weight is 501 g/mol. The van der Waals surface area contributed by atoms with E-state index in [-0.39, 0.29) is 11.3 Å². The lowest BCUT2D eigenvalue weighted by Gasteiger charge is -2.28. The normalized spacial score (nSPS) is 17.9. The number of carbonyl (C=O) groups is 2. The van der Waals surface area contributed by atoms with Gasteiger partial charge in [-0.05, 0) is 49.8 Å². The number of aromatic nitrogens is 2. The van der Waals surface area contributed by atoms with Crippen molar-refractivity contribution in [3.8, 4) is 0 Å². The van der Waals surface area contributed by atoms with Crippen LogP contribution < -0.4 is 0 Å². The van der Waals surface area contributed by atoms with Crippen molar-refractivity contribution >= 4 is 46.3 Å². The predicted octanol–water partition coefficient (Wildman–Crippen LogP) is 4.71. The zero-order valence-electron chi connectivity index (χ0n) is 19.3. The Kier molecular flexibility index (Phi) is 6.98. The van der Waals surface area contributed by atoms with E-state index >= 15 is 0 Å². The SMILES string of the molecule is CCN(CC)CCN1C(=O)C(=O)/C(=C(/O)c2c(C)nc3ccccn23)C1c1ccc(Cl)c(Cl)c1. The number of amides is 1. The molecule has 1 aromatic carbocycles. The van der Waals surface area contributed by atoms with Gasteiger partial charge in [-0.25, -0.2) is 4.98 Å². The molecule has 7 nitrogen and oxygen atoms in total. The van der Waals surface area contributed by atoms with Gasteiger partial charge in [-0.15, -0.1) is 0 Å². The number of pyridine rings is 1. The van der Waals surface area contributed by atoms with Crippen molar-refractivity contribution in [1.82, 2.24) is 19.2 Å². The number of rotatable bonds is 7. The molecule has 1 aliphatic rings. The van der Waals surface area contributed by atoms with E-state index in [1.165, 1.54) is 4.90 Å². The molecule has 2 aromatic heterocycles. The molecule has 9 heteroatoms. The molecule has 1 unspecified atom stereocenters. The van der Waals surface area contributed by atoms with E-state index in [0.717, 1.165) is 13.1 Å². The zero-order valence-corrected chi connectivity index (χ0v) is 20.8. The number of fused-ring (bicyclic) bond motifs is 1. The molecule has 1 N–H and O–H groups in total. The van der Waals surface area contributed by atoms with Crippen LogP contribution in [-0.4, -0.2) is 62.2 Å². The molecular weight excluding hydrogens is 475 g/mol. The molecule has 1 fully saturated rings. The Balaban J connectivity index is 1.90. The summed E-state index contributed by atoms with van der Waals surface area (Å²) in [5.74, 6) is -1.66. The van der Waals surface area contributed by atoms with E-state index in [0.29, 0.717) is 45.7 Å². The molecule has 0 aliphatic carbocycles. The Morgan fingerprint density at radius 1 is 1.12 bits per heavy atom. The van der Waals surface area contributed by atoms with Crippen LogP contribution in [0.1, 0.15) is 36.8 Å². The monoisotopic (exact) mass is 500 g/mol. The van der Waals surface area contributed by atoms with E-state index in [1.807, 2.05) is 32.0 Å². The van der Waals surface area contributed by atoms with Crippen molar-refractivity contribution in [3.63, 3.8) is 0 Å². The minimum Gasteiger partial charge on any atom is -0.505 e. The van der Waals surface area contributed by atoms with Gasteiger partial charge in [0, 0.05) is 19.3 Å². The highest BCUT2D eigenvalue weighted by Crippen LogP contribution is 2.41. The first-order chi connectivity index (χ1) is 16.3. The highest BCUT2D eigenvalue weighted by atomic mass is 35.5. The molecule has 1 saturated heterocycles. The molecular formula is C25H26Cl2N4O3. The number of Topliss-reactive ketones (excluding diaryl/α,β-unsaturated/α-hetero) is 1. The van der Waals surface area contributed by atoms with Gasteiger partial charge in [0.05, 0.1) is 27.4 Å². The number of halogens is 2. The predicted molar refractivity (Wildman–Crippen MR) is 133 cm³/mol. The number of aliphatic hydroxyl groups excluding tert-OH is 1.